The number of hydrogen-bond acceptors (Lipinski definition) is 4. The van der Waals surface area contributed by atoms with Crippen molar-refractivity contribution < 1.29 is 9.90 Å². The molecule has 1 amide bonds. The summed E-state index contributed by atoms with van der Waals surface area (Å²) in [4.78, 5) is 17.5. The van der Waals surface area contributed by atoms with E-state index in [2.05, 4.69) is 15.1 Å². The Morgan fingerprint density at radius 2 is 1.94 bits per heavy atom. The molecule has 2 fully saturated rings. The SMILES string of the molecule is O=C(c1cccc(-c2ccn[nH]2)c1Cl)N1CCN2C[C@](O)(c3ccc(Cl)cc3)CCC2C1. The predicted molar refractivity (Wildman–Crippen MR) is 125 cm³/mol. The maximum absolute atomic E-state index is 13.3. The highest BCUT2D eigenvalue weighted by atomic mass is 35.5. The van der Waals surface area contributed by atoms with E-state index in [0.29, 0.717) is 48.2 Å². The van der Waals surface area contributed by atoms with Gasteiger partial charge in [0.05, 0.1) is 16.3 Å². The molecule has 3 heterocycles. The summed E-state index contributed by atoms with van der Waals surface area (Å²) in [6, 6.07) is 15.0. The number of aromatic nitrogens is 2. The smallest absolute Gasteiger partial charge is 0.255 e. The molecule has 3 aromatic rings. The number of carbonyl (C=O) groups excluding carboxylic acids is 1. The van der Waals surface area contributed by atoms with Gasteiger partial charge < -0.3 is 10.0 Å². The Kier molecular flexibility index (Phi) is 5.72. The molecule has 2 N–H and O–H groups in total. The molecule has 166 valence electrons. The van der Waals surface area contributed by atoms with E-state index in [9.17, 15) is 9.90 Å². The molecule has 32 heavy (non-hydrogen) atoms. The van der Waals surface area contributed by atoms with Crippen molar-refractivity contribution in [3.63, 3.8) is 0 Å². The summed E-state index contributed by atoms with van der Waals surface area (Å²) < 4.78 is 0. The zero-order valence-electron chi connectivity index (χ0n) is 17.5. The second-order valence-electron chi connectivity index (χ2n) is 8.59. The normalized spacial score (nSPS) is 23.7. The topological polar surface area (TPSA) is 72.5 Å². The van der Waals surface area contributed by atoms with Crippen LogP contribution in [0, 0.1) is 0 Å². The Hall–Kier alpha value is -2.38. The van der Waals surface area contributed by atoms with Gasteiger partial charge in [-0.1, -0.05) is 47.5 Å². The van der Waals surface area contributed by atoms with Crippen LogP contribution in [0.15, 0.2) is 54.7 Å². The van der Waals surface area contributed by atoms with Gasteiger partial charge in [-0.25, -0.2) is 0 Å². The van der Waals surface area contributed by atoms with Crippen LogP contribution in [0.1, 0.15) is 28.8 Å². The van der Waals surface area contributed by atoms with Gasteiger partial charge in [-0.3, -0.25) is 14.8 Å². The highest BCUT2D eigenvalue weighted by Gasteiger charge is 2.42. The van der Waals surface area contributed by atoms with Crippen molar-refractivity contribution in [2.45, 2.75) is 24.5 Å². The average molecular weight is 471 g/mol. The molecule has 0 bridgehead atoms. The van der Waals surface area contributed by atoms with Crippen LogP contribution in [-0.2, 0) is 5.60 Å². The second kappa shape index (κ2) is 8.52. The van der Waals surface area contributed by atoms with Gasteiger partial charge in [-0.15, -0.1) is 0 Å². The first-order valence-corrected chi connectivity index (χ1v) is 11.5. The minimum atomic E-state index is -0.894. The first kappa shape index (κ1) is 21.5. The van der Waals surface area contributed by atoms with Crippen LogP contribution in [0.25, 0.3) is 11.3 Å². The van der Waals surface area contributed by atoms with Gasteiger partial charge in [-0.2, -0.15) is 5.10 Å². The number of halogens is 2. The quantitative estimate of drug-likeness (QED) is 0.601. The zero-order chi connectivity index (χ0) is 22.3. The van der Waals surface area contributed by atoms with Gasteiger partial charge in [0, 0.05) is 49.0 Å². The van der Waals surface area contributed by atoms with Gasteiger partial charge in [-0.05, 0) is 42.7 Å². The van der Waals surface area contributed by atoms with Crippen molar-refractivity contribution in [3.8, 4) is 11.3 Å². The predicted octanol–water partition coefficient (Wildman–Crippen LogP) is 4.19. The van der Waals surface area contributed by atoms with Gasteiger partial charge in [0.25, 0.3) is 5.91 Å². The lowest BCUT2D eigenvalue weighted by Gasteiger charge is -2.49. The number of piperazine rings is 1. The molecule has 2 aromatic carbocycles. The lowest BCUT2D eigenvalue weighted by Crippen LogP contribution is -2.60. The van der Waals surface area contributed by atoms with Crippen LogP contribution in [0.2, 0.25) is 10.0 Å². The van der Waals surface area contributed by atoms with Gasteiger partial charge >= 0.3 is 0 Å². The largest absolute Gasteiger partial charge is 0.384 e. The summed E-state index contributed by atoms with van der Waals surface area (Å²) in [5.41, 5.74) is 2.04. The summed E-state index contributed by atoms with van der Waals surface area (Å²) in [6.45, 7) is 2.48. The van der Waals surface area contributed by atoms with Crippen LogP contribution >= 0.6 is 23.2 Å². The van der Waals surface area contributed by atoms with E-state index in [1.165, 1.54) is 0 Å². The molecule has 2 aliphatic heterocycles. The molecule has 0 radical (unpaired) electrons. The minimum absolute atomic E-state index is 0.0606. The number of nitrogens with zero attached hydrogens (tertiary/aromatic N) is 3. The van der Waals surface area contributed by atoms with Crippen molar-refractivity contribution in [2.75, 3.05) is 26.2 Å². The Bertz CT molecular complexity index is 1120. The van der Waals surface area contributed by atoms with E-state index in [4.69, 9.17) is 23.2 Å². The number of aromatic amines is 1. The van der Waals surface area contributed by atoms with Crippen LogP contribution in [0.4, 0.5) is 0 Å². The fraction of sp³-hybridized carbons (Fsp3) is 0.333. The molecule has 0 aliphatic carbocycles. The Morgan fingerprint density at radius 3 is 2.69 bits per heavy atom. The minimum Gasteiger partial charge on any atom is -0.384 e. The Morgan fingerprint density at radius 1 is 1.12 bits per heavy atom. The van der Waals surface area contributed by atoms with E-state index in [-0.39, 0.29) is 11.9 Å². The number of piperidine rings is 1. The number of benzene rings is 2. The average Bonchev–Trinajstić information content (AvgIpc) is 3.33. The molecular weight excluding hydrogens is 447 g/mol. The van der Waals surface area contributed by atoms with E-state index >= 15 is 0 Å². The van der Waals surface area contributed by atoms with E-state index in [0.717, 1.165) is 23.2 Å². The van der Waals surface area contributed by atoms with E-state index in [1.54, 1.807) is 12.3 Å². The summed E-state index contributed by atoms with van der Waals surface area (Å²) in [5, 5.41) is 19.3. The third-order valence-electron chi connectivity index (χ3n) is 6.65. The van der Waals surface area contributed by atoms with Crippen molar-refractivity contribution in [1.82, 2.24) is 20.0 Å². The number of H-pyrrole nitrogens is 1. The first-order chi connectivity index (χ1) is 15.4. The van der Waals surface area contributed by atoms with Gasteiger partial charge in [0.15, 0.2) is 0 Å². The molecule has 5 rings (SSSR count). The molecule has 2 atom stereocenters. The summed E-state index contributed by atoms with van der Waals surface area (Å²) in [7, 11) is 0. The molecule has 2 saturated heterocycles. The van der Waals surface area contributed by atoms with Gasteiger partial charge in [0.2, 0.25) is 0 Å². The van der Waals surface area contributed by atoms with Crippen LogP contribution < -0.4 is 0 Å². The lowest BCUT2D eigenvalue weighted by molar-refractivity contribution is -0.0740. The number of amides is 1. The number of rotatable bonds is 3. The highest BCUT2D eigenvalue weighted by molar-refractivity contribution is 6.36. The highest BCUT2D eigenvalue weighted by Crippen LogP contribution is 2.36. The van der Waals surface area contributed by atoms with Crippen LogP contribution in [0.5, 0.6) is 0 Å². The third-order valence-corrected chi connectivity index (χ3v) is 7.31. The first-order valence-electron chi connectivity index (χ1n) is 10.7. The fourth-order valence-corrected chi connectivity index (χ4v) is 5.29. The molecule has 0 spiro atoms. The van der Waals surface area contributed by atoms with Crippen molar-refractivity contribution in [3.05, 3.63) is 75.9 Å². The molecule has 6 nitrogen and oxygen atoms in total. The molecule has 0 saturated carbocycles. The monoisotopic (exact) mass is 470 g/mol. The van der Waals surface area contributed by atoms with Crippen molar-refractivity contribution >= 4 is 29.1 Å². The number of carbonyl (C=O) groups is 1. The van der Waals surface area contributed by atoms with Crippen molar-refractivity contribution in [1.29, 1.82) is 0 Å². The number of aliphatic hydroxyl groups is 1. The number of fused-ring (bicyclic) bond motifs is 1. The maximum Gasteiger partial charge on any atom is 0.255 e. The van der Waals surface area contributed by atoms with E-state index < -0.39 is 5.60 Å². The lowest BCUT2D eigenvalue weighted by atomic mass is 9.82. The third kappa shape index (κ3) is 3.92. The number of hydrogen-bond donors (Lipinski definition) is 2. The second-order valence-corrected chi connectivity index (χ2v) is 9.40. The molecule has 2 aliphatic rings. The Balaban J connectivity index is 1.30. The number of nitrogens with one attached hydrogen (secondary N) is 1. The summed E-state index contributed by atoms with van der Waals surface area (Å²) in [5.74, 6) is -0.0606. The fourth-order valence-electron chi connectivity index (χ4n) is 4.86. The van der Waals surface area contributed by atoms with Crippen LogP contribution in [-0.4, -0.2) is 63.2 Å². The van der Waals surface area contributed by atoms with Crippen molar-refractivity contribution in [2.24, 2.45) is 0 Å². The Labute approximate surface area is 196 Å². The molecule has 1 unspecified atom stereocenters. The van der Waals surface area contributed by atoms with E-state index in [1.807, 2.05) is 47.4 Å². The molecular formula is C24H24Cl2N4O2. The standard InChI is InChI=1S/C24H24Cl2N4O2/c25-17-6-4-16(5-7-17)24(32)10-8-18-14-29(12-13-30(18)15-24)23(31)20-3-1-2-19(22(20)26)21-9-11-27-28-21/h1-7,9,11,18,32H,8,10,12-15H2,(H,27,28)/t18?,24-/m0/s1. The summed E-state index contributed by atoms with van der Waals surface area (Å²) in [6.07, 6.45) is 3.12. The maximum atomic E-state index is 13.3. The molecule has 8 heteroatoms. The summed E-state index contributed by atoms with van der Waals surface area (Å²) >= 11 is 12.6. The zero-order valence-corrected chi connectivity index (χ0v) is 19.0. The molecule has 1 aromatic heterocycles. The van der Waals surface area contributed by atoms with Crippen LogP contribution in [0.3, 0.4) is 0 Å². The van der Waals surface area contributed by atoms with Gasteiger partial charge in [0.1, 0.15) is 5.60 Å².